The largest absolute Gasteiger partial charge is 0.411 e. The lowest BCUT2D eigenvalue weighted by atomic mass is 10.1. The first kappa shape index (κ1) is 11.9. The normalized spacial score (nSPS) is 18.9. The summed E-state index contributed by atoms with van der Waals surface area (Å²) < 4.78 is 24.8. The number of para-hydroxylation sites is 1. The van der Waals surface area contributed by atoms with E-state index in [9.17, 15) is 8.42 Å². The molecule has 1 aromatic rings. The Hall–Kier alpha value is -1.56. The minimum atomic E-state index is -3.30. The number of anilines is 1. The lowest BCUT2D eigenvalue weighted by molar-refractivity contribution is 0.318. The molecule has 6 heteroatoms. The smallest absolute Gasteiger partial charge is 0.232 e. The van der Waals surface area contributed by atoms with Crippen LogP contribution in [0.25, 0.3) is 0 Å². The van der Waals surface area contributed by atoms with E-state index in [0.29, 0.717) is 36.3 Å². The van der Waals surface area contributed by atoms with Crippen LogP contribution in [0.5, 0.6) is 0 Å². The van der Waals surface area contributed by atoms with Crippen LogP contribution in [0.3, 0.4) is 0 Å². The summed E-state index contributed by atoms with van der Waals surface area (Å²) in [4.78, 5) is 0. The molecule has 1 aromatic carbocycles. The standard InChI is InChI=1S/C11H14N2O3S/c1-17(15,16)13-8-4-6-10(12-14)9-5-2-3-7-11(9)13/h2-3,5,7,14H,4,6,8H2,1H3/b12-10-. The van der Waals surface area contributed by atoms with E-state index in [1.54, 1.807) is 24.3 Å². The van der Waals surface area contributed by atoms with Crippen molar-refractivity contribution in [3.63, 3.8) is 0 Å². The van der Waals surface area contributed by atoms with Crippen LogP contribution in [0.4, 0.5) is 5.69 Å². The quantitative estimate of drug-likeness (QED) is 0.608. The van der Waals surface area contributed by atoms with Crippen molar-refractivity contribution in [1.29, 1.82) is 0 Å². The highest BCUT2D eigenvalue weighted by Crippen LogP contribution is 2.28. The van der Waals surface area contributed by atoms with Crippen molar-refractivity contribution < 1.29 is 13.6 Å². The van der Waals surface area contributed by atoms with Crippen LogP contribution in [-0.2, 0) is 10.0 Å². The number of hydrogen-bond donors (Lipinski definition) is 1. The van der Waals surface area contributed by atoms with Crippen LogP contribution in [0, 0.1) is 0 Å². The maximum absolute atomic E-state index is 11.7. The zero-order valence-corrected chi connectivity index (χ0v) is 10.3. The lowest BCUT2D eigenvalue weighted by Gasteiger charge is -2.21. The van der Waals surface area contributed by atoms with Gasteiger partial charge in [-0.3, -0.25) is 4.31 Å². The molecule has 1 aliphatic heterocycles. The minimum Gasteiger partial charge on any atom is -0.411 e. The van der Waals surface area contributed by atoms with Crippen molar-refractivity contribution in [2.24, 2.45) is 5.16 Å². The Bertz CT molecular complexity index is 552. The topological polar surface area (TPSA) is 70.0 Å². The molecule has 0 amide bonds. The van der Waals surface area contributed by atoms with Crippen molar-refractivity contribution in [3.8, 4) is 0 Å². The van der Waals surface area contributed by atoms with E-state index in [4.69, 9.17) is 5.21 Å². The second kappa shape index (κ2) is 4.37. The fraction of sp³-hybridized carbons (Fsp3) is 0.364. The molecule has 0 fully saturated rings. The predicted molar refractivity (Wildman–Crippen MR) is 66.2 cm³/mol. The molecule has 0 radical (unpaired) electrons. The van der Waals surface area contributed by atoms with Gasteiger partial charge in [0.15, 0.2) is 0 Å². The number of rotatable bonds is 1. The van der Waals surface area contributed by atoms with Crippen molar-refractivity contribution in [1.82, 2.24) is 0 Å². The Kier molecular flexibility index (Phi) is 3.06. The number of hydrogen-bond acceptors (Lipinski definition) is 4. The third kappa shape index (κ3) is 2.26. The third-order valence-electron chi connectivity index (χ3n) is 2.78. The Morgan fingerprint density at radius 1 is 1.35 bits per heavy atom. The first-order valence-electron chi connectivity index (χ1n) is 5.32. The van der Waals surface area contributed by atoms with E-state index in [2.05, 4.69) is 5.16 Å². The summed E-state index contributed by atoms with van der Waals surface area (Å²) >= 11 is 0. The van der Waals surface area contributed by atoms with Gasteiger partial charge in [-0.1, -0.05) is 23.4 Å². The van der Waals surface area contributed by atoms with Gasteiger partial charge in [-0.15, -0.1) is 0 Å². The fourth-order valence-corrected chi connectivity index (χ4v) is 3.01. The van der Waals surface area contributed by atoms with Gasteiger partial charge in [-0.25, -0.2) is 8.42 Å². The van der Waals surface area contributed by atoms with Gasteiger partial charge >= 0.3 is 0 Å². The summed E-state index contributed by atoms with van der Waals surface area (Å²) in [6, 6.07) is 7.08. The molecule has 0 spiro atoms. The Labute approximate surface area is 100 Å². The summed E-state index contributed by atoms with van der Waals surface area (Å²) in [6.07, 6.45) is 2.39. The van der Waals surface area contributed by atoms with Gasteiger partial charge in [0.05, 0.1) is 17.7 Å². The second-order valence-corrected chi connectivity index (χ2v) is 5.91. The molecule has 0 aliphatic carbocycles. The molecular formula is C11H14N2O3S. The highest BCUT2D eigenvalue weighted by molar-refractivity contribution is 7.92. The van der Waals surface area contributed by atoms with Gasteiger partial charge < -0.3 is 5.21 Å². The van der Waals surface area contributed by atoms with E-state index in [1.165, 1.54) is 10.6 Å². The van der Waals surface area contributed by atoms with Crippen LogP contribution >= 0.6 is 0 Å². The number of oxime groups is 1. The van der Waals surface area contributed by atoms with Crippen LogP contribution in [0.1, 0.15) is 18.4 Å². The van der Waals surface area contributed by atoms with Gasteiger partial charge in [0.2, 0.25) is 10.0 Å². The van der Waals surface area contributed by atoms with E-state index >= 15 is 0 Å². The van der Waals surface area contributed by atoms with Crippen LogP contribution in [0.15, 0.2) is 29.4 Å². The zero-order chi connectivity index (χ0) is 12.5. The summed E-state index contributed by atoms with van der Waals surface area (Å²) in [6.45, 7) is 0.412. The molecule has 2 rings (SSSR count). The number of fused-ring (bicyclic) bond motifs is 1. The van der Waals surface area contributed by atoms with Crippen molar-refractivity contribution in [3.05, 3.63) is 29.8 Å². The molecule has 92 valence electrons. The fourth-order valence-electron chi connectivity index (χ4n) is 2.03. The molecule has 17 heavy (non-hydrogen) atoms. The Balaban J connectivity index is 2.62. The lowest BCUT2D eigenvalue weighted by Crippen LogP contribution is -2.30. The minimum absolute atomic E-state index is 0.412. The highest BCUT2D eigenvalue weighted by atomic mass is 32.2. The van der Waals surface area contributed by atoms with Crippen molar-refractivity contribution >= 4 is 21.4 Å². The van der Waals surface area contributed by atoms with Crippen LogP contribution in [0.2, 0.25) is 0 Å². The summed E-state index contributed by atoms with van der Waals surface area (Å²) in [5.74, 6) is 0. The molecule has 0 aromatic heterocycles. The number of nitrogens with zero attached hydrogens (tertiary/aromatic N) is 2. The molecular weight excluding hydrogens is 240 g/mol. The van der Waals surface area contributed by atoms with E-state index < -0.39 is 10.0 Å². The summed E-state index contributed by atoms with van der Waals surface area (Å²) in [7, 11) is -3.30. The second-order valence-electron chi connectivity index (χ2n) is 4.00. The molecule has 0 unspecified atom stereocenters. The van der Waals surface area contributed by atoms with Crippen molar-refractivity contribution in [2.45, 2.75) is 12.8 Å². The third-order valence-corrected chi connectivity index (χ3v) is 3.96. The average Bonchev–Trinajstić information content (AvgIpc) is 2.47. The molecule has 0 saturated carbocycles. The molecule has 1 aliphatic rings. The van der Waals surface area contributed by atoms with Crippen molar-refractivity contribution in [2.75, 3.05) is 17.1 Å². The maximum atomic E-state index is 11.7. The first-order chi connectivity index (χ1) is 8.04. The van der Waals surface area contributed by atoms with Crippen LogP contribution in [-0.4, -0.2) is 32.1 Å². The van der Waals surface area contributed by atoms with Gasteiger partial charge in [0.25, 0.3) is 0 Å². The number of sulfonamides is 1. The molecule has 5 nitrogen and oxygen atoms in total. The first-order valence-corrected chi connectivity index (χ1v) is 7.17. The molecule has 0 atom stereocenters. The molecule has 1 N–H and O–H groups in total. The molecule has 0 saturated heterocycles. The van der Waals surface area contributed by atoms with E-state index in [-0.39, 0.29) is 0 Å². The predicted octanol–water partition coefficient (Wildman–Crippen LogP) is 1.42. The molecule has 0 bridgehead atoms. The summed E-state index contributed by atoms with van der Waals surface area (Å²) in [5.41, 5.74) is 1.80. The molecule has 1 heterocycles. The monoisotopic (exact) mass is 254 g/mol. The van der Waals surface area contributed by atoms with Gasteiger partial charge in [-0.2, -0.15) is 0 Å². The van der Waals surface area contributed by atoms with Crippen LogP contribution < -0.4 is 4.31 Å². The van der Waals surface area contributed by atoms with E-state index in [0.717, 1.165) is 0 Å². The number of benzene rings is 1. The van der Waals surface area contributed by atoms with Gasteiger partial charge in [0.1, 0.15) is 0 Å². The highest BCUT2D eigenvalue weighted by Gasteiger charge is 2.25. The summed E-state index contributed by atoms with van der Waals surface area (Å²) in [5, 5.41) is 12.2. The maximum Gasteiger partial charge on any atom is 0.232 e. The zero-order valence-electron chi connectivity index (χ0n) is 9.50. The van der Waals surface area contributed by atoms with E-state index in [1.807, 2.05) is 0 Å². The van der Waals surface area contributed by atoms with Gasteiger partial charge in [0, 0.05) is 12.1 Å². The SMILES string of the molecule is CS(=O)(=O)N1CCC/C(=N/O)c2ccccc21. The average molecular weight is 254 g/mol. The Morgan fingerprint density at radius 2 is 2.06 bits per heavy atom. The van der Waals surface area contributed by atoms with Gasteiger partial charge in [-0.05, 0) is 18.9 Å². The Morgan fingerprint density at radius 3 is 2.71 bits per heavy atom.